The number of nitrogens with two attached hydrogens (primary N) is 1. The van der Waals surface area contributed by atoms with Gasteiger partial charge in [0.2, 0.25) is 0 Å². The lowest BCUT2D eigenvalue weighted by Crippen LogP contribution is -1.99. The van der Waals surface area contributed by atoms with Crippen molar-refractivity contribution in [3.63, 3.8) is 0 Å². The van der Waals surface area contributed by atoms with Crippen LogP contribution in [0.1, 0.15) is 17.8 Å². The van der Waals surface area contributed by atoms with Gasteiger partial charge in [0.1, 0.15) is 5.65 Å². The highest BCUT2D eigenvalue weighted by Gasteiger charge is 2.13. The Kier molecular flexibility index (Phi) is 2.52. The molecule has 0 radical (unpaired) electrons. The molecule has 2 aromatic rings. The lowest BCUT2D eigenvalue weighted by atomic mass is 10.1. The molecule has 0 aliphatic heterocycles. The first-order chi connectivity index (χ1) is 8.75. The van der Waals surface area contributed by atoms with Crippen LogP contribution >= 0.6 is 0 Å². The fourth-order valence-electron chi connectivity index (χ4n) is 2.27. The third-order valence-corrected chi connectivity index (χ3v) is 3.19. The van der Waals surface area contributed by atoms with E-state index < -0.39 is 0 Å². The molecule has 3 nitrogen and oxygen atoms in total. The standard InChI is InChI=1S/C15H15N3/c1-11-15(12-6-2-3-7-13(16)10-12)17-14-8-4-5-9-18(11)14/h2-9H,10,16H2,1H3. The summed E-state index contributed by atoms with van der Waals surface area (Å²) in [6.07, 6.45) is 10.8. The van der Waals surface area contributed by atoms with Crippen LogP contribution in [-0.4, -0.2) is 9.38 Å². The van der Waals surface area contributed by atoms with Crippen molar-refractivity contribution in [3.05, 3.63) is 65.8 Å². The molecule has 2 N–H and O–H groups in total. The summed E-state index contributed by atoms with van der Waals surface area (Å²) < 4.78 is 2.10. The molecule has 0 fully saturated rings. The Morgan fingerprint density at radius 1 is 1.22 bits per heavy atom. The van der Waals surface area contributed by atoms with Gasteiger partial charge >= 0.3 is 0 Å². The Labute approximate surface area is 106 Å². The summed E-state index contributed by atoms with van der Waals surface area (Å²) >= 11 is 0. The Hall–Kier alpha value is -2.29. The average Bonchev–Trinajstić information content (AvgIpc) is 2.56. The summed E-state index contributed by atoms with van der Waals surface area (Å²) in [6, 6.07) is 6.03. The summed E-state index contributed by atoms with van der Waals surface area (Å²) in [7, 11) is 0. The van der Waals surface area contributed by atoms with Crippen LogP contribution in [0.4, 0.5) is 0 Å². The highest BCUT2D eigenvalue weighted by molar-refractivity contribution is 5.71. The highest BCUT2D eigenvalue weighted by atomic mass is 15.0. The molecule has 0 saturated carbocycles. The van der Waals surface area contributed by atoms with Gasteiger partial charge in [-0.25, -0.2) is 4.98 Å². The van der Waals surface area contributed by atoms with E-state index in [0.29, 0.717) is 0 Å². The summed E-state index contributed by atoms with van der Waals surface area (Å²) in [5.41, 5.74) is 11.1. The van der Waals surface area contributed by atoms with Gasteiger partial charge in [-0.3, -0.25) is 0 Å². The SMILES string of the molecule is Cc1c(C2=CC=CC=C(N)C2)nc2ccccn12. The van der Waals surface area contributed by atoms with Gasteiger partial charge in [0.05, 0.1) is 5.69 Å². The first-order valence-electron chi connectivity index (χ1n) is 6.01. The zero-order valence-corrected chi connectivity index (χ0v) is 10.3. The van der Waals surface area contributed by atoms with Gasteiger partial charge < -0.3 is 10.1 Å². The van der Waals surface area contributed by atoms with E-state index in [4.69, 9.17) is 10.7 Å². The minimum Gasteiger partial charge on any atom is -0.402 e. The van der Waals surface area contributed by atoms with Gasteiger partial charge in [0.25, 0.3) is 0 Å². The van der Waals surface area contributed by atoms with Crippen molar-refractivity contribution in [2.24, 2.45) is 5.73 Å². The van der Waals surface area contributed by atoms with E-state index in [1.165, 1.54) is 5.57 Å². The molecule has 3 rings (SSSR count). The first kappa shape index (κ1) is 10.8. The molecule has 90 valence electrons. The molecule has 1 aliphatic rings. The number of imidazole rings is 1. The normalized spacial score (nSPS) is 15.4. The molecule has 18 heavy (non-hydrogen) atoms. The fourth-order valence-corrected chi connectivity index (χ4v) is 2.27. The van der Waals surface area contributed by atoms with Crippen molar-refractivity contribution in [1.82, 2.24) is 9.38 Å². The molecule has 2 heterocycles. The van der Waals surface area contributed by atoms with E-state index in [0.717, 1.165) is 29.2 Å². The van der Waals surface area contributed by atoms with E-state index in [2.05, 4.69) is 17.4 Å². The molecule has 0 saturated heterocycles. The number of nitrogens with zero attached hydrogens (tertiary/aromatic N) is 2. The van der Waals surface area contributed by atoms with E-state index in [1.54, 1.807) is 0 Å². The van der Waals surface area contributed by atoms with Crippen LogP contribution in [0.3, 0.4) is 0 Å². The summed E-state index contributed by atoms with van der Waals surface area (Å²) in [5.74, 6) is 0. The van der Waals surface area contributed by atoms with Crippen LogP contribution < -0.4 is 5.73 Å². The van der Waals surface area contributed by atoms with Crippen molar-refractivity contribution >= 4 is 11.2 Å². The van der Waals surface area contributed by atoms with E-state index in [1.807, 2.05) is 42.6 Å². The van der Waals surface area contributed by atoms with Crippen molar-refractivity contribution in [2.75, 3.05) is 0 Å². The Morgan fingerprint density at radius 2 is 2.06 bits per heavy atom. The van der Waals surface area contributed by atoms with Gasteiger partial charge in [-0.2, -0.15) is 0 Å². The van der Waals surface area contributed by atoms with Crippen LogP contribution in [0.5, 0.6) is 0 Å². The largest absolute Gasteiger partial charge is 0.402 e. The van der Waals surface area contributed by atoms with Crippen molar-refractivity contribution < 1.29 is 0 Å². The maximum absolute atomic E-state index is 5.94. The minimum absolute atomic E-state index is 0.748. The van der Waals surface area contributed by atoms with E-state index >= 15 is 0 Å². The topological polar surface area (TPSA) is 43.3 Å². The van der Waals surface area contributed by atoms with E-state index in [-0.39, 0.29) is 0 Å². The van der Waals surface area contributed by atoms with Gasteiger partial charge in [0, 0.05) is 24.0 Å². The zero-order valence-electron chi connectivity index (χ0n) is 10.3. The molecule has 0 spiro atoms. The fraction of sp³-hybridized carbons (Fsp3) is 0.133. The third-order valence-electron chi connectivity index (χ3n) is 3.19. The molecular formula is C15H15N3. The van der Waals surface area contributed by atoms with Gasteiger partial charge in [-0.15, -0.1) is 0 Å². The minimum atomic E-state index is 0.748. The summed E-state index contributed by atoms with van der Waals surface area (Å²) in [4.78, 5) is 4.69. The number of hydrogen-bond acceptors (Lipinski definition) is 2. The maximum Gasteiger partial charge on any atom is 0.137 e. The number of pyridine rings is 1. The Bertz CT molecular complexity index is 687. The number of aromatic nitrogens is 2. The second kappa shape index (κ2) is 4.18. The molecule has 0 amide bonds. The molecule has 0 bridgehead atoms. The quantitative estimate of drug-likeness (QED) is 0.828. The van der Waals surface area contributed by atoms with Crippen molar-refractivity contribution in [3.8, 4) is 0 Å². The number of rotatable bonds is 1. The van der Waals surface area contributed by atoms with Crippen LogP contribution in [0.2, 0.25) is 0 Å². The van der Waals surface area contributed by atoms with Gasteiger partial charge in [-0.1, -0.05) is 24.3 Å². The Balaban J connectivity index is 2.15. The molecule has 0 unspecified atom stereocenters. The third kappa shape index (κ3) is 1.74. The lowest BCUT2D eigenvalue weighted by molar-refractivity contribution is 1.10. The zero-order chi connectivity index (χ0) is 12.5. The van der Waals surface area contributed by atoms with Crippen LogP contribution in [0, 0.1) is 6.92 Å². The maximum atomic E-state index is 5.94. The average molecular weight is 237 g/mol. The molecular weight excluding hydrogens is 222 g/mol. The summed E-state index contributed by atoms with van der Waals surface area (Å²) in [5, 5.41) is 0. The molecule has 0 atom stereocenters. The highest BCUT2D eigenvalue weighted by Crippen LogP contribution is 2.25. The molecule has 2 aromatic heterocycles. The number of hydrogen-bond donors (Lipinski definition) is 1. The van der Waals surface area contributed by atoms with Crippen LogP contribution in [-0.2, 0) is 0 Å². The van der Waals surface area contributed by atoms with Crippen molar-refractivity contribution in [1.29, 1.82) is 0 Å². The summed E-state index contributed by atoms with van der Waals surface area (Å²) in [6.45, 7) is 2.09. The molecule has 3 heteroatoms. The molecule has 0 aromatic carbocycles. The number of allylic oxidation sites excluding steroid dienone is 5. The van der Waals surface area contributed by atoms with Crippen molar-refractivity contribution in [2.45, 2.75) is 13.3 Å². The number of fused-ring (bicyclic) bond motifs is 1. The van der Waals surface area contributed by atoms with E-state index in [9.17, 15) is 0 Å². The Morgan fingerprint density at radius 3 is 2.89 bits per heavy atom. The second-order valence-corrected chi connectivity index (χ2v) is 4.47. The smallest absolute Gasteiger partial charge is 0.137 e. The number of aryl methyl sites for hydroxylation is 1. The predicted molar refractivity (Wildman–Crippen MR) is 73.9 cm³/mol. The molecule has 1 aliphatic carbocycles. The monoisotopic (exact) mass is 237 g/mol. The van der Waals surface area contributed by atoms with Crippen LogP contribution in [0.15, 0.2) is 54.4 Å². The predicted octanol–water partition coefficient (Wildman–Crippen LogP) is 2.83. The second-order valence-electron chi connectivity index (χ2n) is 4.47. The van der Waals surface area contributed by atoms with Gasteiger partial charge in [-0.05, 0) is 30.7 Å². The van der Waals surface area contributed by atoms with Crippen LogP contribution in [0.25, 0.3) is 11.2 Å². The van der Waals surface area contributed by atoms with Gasteiger partial charge in [0.15, 0.2) is 0 Å². The lowest BCUT2D eigenvalue weighted by Gasteiger charge is -2.04. The first-order valence-corrected chi connectivity index (χ1v) is 6.01.